The molecule has 0 radical (unpaired) electrons. The Hall–Kier alpha value is -1.02. The van der Waals surface area contributed by atoms with Crippen LogP contribution in [0.15, 0.2) is 23.2 Å². The number of rotatable bonds is 4. The molecule has 1 aromatic rings. The molecule has 2 aliphatic heterocycles. The zero-order valence-corrected chi connectivity index (χ0v) is 18.8. The van der Waals surface area contributed by atoms with E-state index in [4.69, 9.17) is 9.47 Å². The molecule has 146 valence electrons. The second kappa shape index (κ2) is 8.78. The standard InChI is InChI=1S/C20H31N3O2.HI/c1-13-6-7-14(18(10-13)25-20(2,3)4)12-22-19(21-5)23-16-11-15-8-9-17(16)24-15;/h6-7,10,15-17H,8-9,11-12H2,1-5H3,(H2,21,22,23);1H. The van der Waals surface area contributed by atoms with E-state index in [-0.39, 0.29) is 29.6 Å². The van der Waals surface area contributed by atoms with E-state index < -0.39 is 0 Å². The Labute approximate surface area is 174 Å². The van der Waals surface area contributed by atoms with Crippen molar-refractivity contribution in [2.24, 2.45) is 4.99 Å². The molecule has 2 fully saturated rings. The van der Waals surface area contributed by atoms with Crippen LogP contribution in [0.5, 0.6) is 5.75 Å². The minimum atomic E-state index is -0.219. The minimum Gasteiger partial charge on any atom is -0.488 e. The van der Waals surface area contributed by atoms with Crippen LogP contribution < -0.4 is 15.4 Å². The van der Waals surface area contributed by atoms with E-state index in [1.165, 1.54) is 12.0 Å². The monoisotopic (exact) mass is 473 g/mol. The minimum absolute atomic E-state index is 0. The first-order valence-electron chi connectivity index (χ1n) is 9.25. The van der Waals surface area contributed by atoms with Crippen molar-refractivity contribution in [1.82, 2.24) is 10.6 Å². The van der Waals surface area contributed by atoms with Crippen molar-refractivity contribution >= 4 is 29.9 Å². The predicted molar refractivity (Wildman–Crippen MR) is 117 cm³/mol. The molecule has 26 heavy (non-hydrogen) atoms. The topological polar surface area (TPSA) is 54.9 Å². The van der Waals surface area contributed by atoms with Crippen molar-refractivity contribution in [3.63, 3.8) is 0 Å². The first kappa shape index (κ1) is 21.3. The van der Waals surface area contributed by atoms with Gasteiger partial charge in [-0.3, -0.25) is 4.99 Å². The second-order valence-corrected chi connectivity index (χ2v) is 8.11. The van der Waals surface area contributed by atoms with Gasteiger partial charge in [-0.25, -0.2) is 0 Å². The van der Waals surface area contributed by atoms with Gasteiger partial charge in [-0.05, 0) is 58.6 Å². The number of aliphatic imine (C=N–C) groups is 1. The lowest BCUT2D eigenvalue weighted by atomic mass is 9.96. The van der Waals surface area contributed by atoms with E-state index in [1.807, 2.05) is 7.05 Å². The van der Waals surface area contributed by atoms with Crippen LogP contribution in [0, 0.1) is 6.92 Å². The molecular formula is C20H32IN3O2. The number of nitrogens with one attached hydrogen (secondary N) is 2. The van der Waals surface area contributed by atoms with Crippen molar-refractivity contribution in [2.75, 3.05) is 7.05 Å². The van der Waals surface area contributed by atoms with E-state index in [2.05, 4.69) is 61.5 Å². The molecule has 5 nitrogen and oxygen atoms in total. The van der Waals surface area contributed by atoms with E-state index >= 15 is 0 Å². The lowest BCUT2D eigenvalue weighted by molar-refractivity contribution is 0.0992. The van der Waals surface area contributed by atoms with Crippen LogP contribution in [0.2, 0.25) is 0 Å². The lowest BCUT2D eigenvalue weighted by Crippen LogP contribution is -2.47. The number of guanidine groups is 1. The zero-order chi connectivity index (χ0) is 18.0. The highest BCUT2D eigenvalue weighted by Crippen LogP contribution is 2.34. The van der Waals surface area contributed by atoms with Crippen LogP contribution in [-0.4, -0.2) is 36.9 Å². The Morgan fingerprint density at radius 1 is 1.31 bits per heavy atom. The number of nitrogens with zero attached hydrogens (tertiary/aromatic N) is 1. The molecule has 0 spiro atoms. The van der Waals surface area contributed by atoms with Crippen molar-refractivity contribution in [3.8, 4) is 5.75 Å². The third kappa shape index (κ3) is 5.49. The zero-order valence-electron chi connectivity index (χ0n) is 16.5. The highest BCUT2D eigenvalue weighted by Gasteiger charge is 2.41. The summed E-state index contributed by atoms with van der Waals surface area (Å²) in [5, 5.41) is 6.94. The maximum absolute atomic E-state index is 6.13. The molecule has 2 bridgehead atoms. The summed E-state index contributed by atoms with van der Waals surface area (Å²) in [6.07, 6.45) is 4.20. The van der Waals surface area contributed by atoms with Gasteiger partial charge in [0.2, 0.25) is 0 Å². The summed E-state index contributed by atoms with van der Waals surface area (Å²) in [7, 11) is 1.81. The van der Waals surface area contributed by atoms with Crippen molar-refractivity contribution in [1.29, 1.82) is 0 Å². The molecule has 0 aliphatic carbocycles. The van der Waals surface area contributed by atoms with Crippen LogP contribution in [0.1, 0.15) is 51.2 Å². The molecule has 2 saturated heterocycles. The summed E-state index contributed by atoms with van der Waals surface area (Å²) in [6.45, 7) is 8.97. The Balaban J connectivity index is 0.00000243. The van der Waals surface area contributed by atoms with Crippen LogP contribution in [0.25, 0.3) is 0 Å². The van der Waals surface area contributed by atoms with Crippen molar-refractivity contribution < 1.29 is 9.47 Å². The van der Waals surface area contributed by atoms with Crippen LogP contribution in [0.4, 0.5) is 0 Å². The lowest BCUT2D eigenvalue weighted by Gasteiger charge is -2.25. The highest BCUT2D eigenvalue weighted by molar-refractivity contribution is 14.0. The largest absolute Gasteiger partial charge is 0.488 e. The maximum Gasteiger partial charge on any atom is 0.191 e. The van der Waals surface area contributed by atoms with Gasteiger partial charge in [0, 0.05) is 19.2 Å². The molecule has 6 heteroatoms. The Morgan fingerprint density at radius 2 is 2.08 bits per heavy atom. The molecule has 2 N–H and O–H groups in total. The summed E-state index contributed by atoms with van der Waals surface area (Å²) < 4.78 is 12.0. The van der Waals surface area contributed by atoms with Crippen molar-refractivity contribution in [2.45, 2.75) is 77.4 Å². The number of fused-ring (bicyclic) bond motifs is 2. The molecule has 3 rings (SSSR count). The smallest absolute Gasteiger partial charge is 0.191 e. The van der Waals surface area contributed by atoms with Gasteiger partial charge in [-0.2, -0.15) is 0 Å². The predicted octanol–water partition coefficient (Wildman–Crippen LogP) is 3.78. The number of hydrogen-bond donors (Lipinski definition) is 2. The van der Waals surface area contributed by atoms with Gasteiger partial charge in [0.25, 0.3) is 0 Å². The van der Waals surface area contributed by atoms with Crippen LogP contribution >= 0.6 is 24.0 Å². The fourth-order valence-electron chi connectivity index (χ4n) is 3.57. The molecule has 0 saturated carbocycles. The number of ether oxygens (including phenoxy) is 2. The molecular weight excluding hydrogens is 441 g/mol. The van der Waals surface area contributed by atoms with Crippen molar-refractivity contribution in [3.05, 3.63) is 29.3 Å². The molecule has 1 aromatic carbocycles. The summed E-state index contributed by atoms with van der Waals surface area (Å²) in [5.41, 5.74) is 2.11. The average molecular weight is 473 g/mol. The van der Waals surface area contributed by atoms with Crippen LogP contribution in [0.3, 0.4) is 0 Å². The Kier molecular flexibility index (Phi) is 7.19. The summed E-state index contributed by atoms with van der Waals surface area (Å²) in [6, 6.07) is 6.71. The van der Waals surface area contributed by atoms with E-state index in [0.29, 0.717) is 24.8 Å². The van der Waals surface area contributed by atoms with Gasteiger partial charge in [-0.1, -0.05) is 12.1 Å². The van der Waals surface area contributed by atoms with E-state index in [9.17, 15) is 0 Å². The van der Waals surface area contributed by atoms with E-state index in [1.54, 1.807) is 0 Å². The Bertz CT molecular complexity index is 642. The van der Waals surface area contributed by atoms with Gasteiger partial charge >= 0.3 is 0 Å². The first-order chi connectivity index (χ1) is 11.8. The second-order valence-electron chi connectivity index (χ2n) is 8.11. The number of benzene rings is 1. The fourth-order valence-corrected chi connectivity index (χ4v) is 3.57. The number of aryl methyl sites for hydroxylation is 1. The third-order valence-corrected chi connectivity index (χ3v) is 4.74. The van der Waals surface area contributed by atoms with Gasteiger partial charge in [-0.15, -0.1) is 24.0 Å². The van der Waals surface area contributed by atoms with Crippen LogP contribution in [-0.2, 0) is 11.3 Å². The molecule has 2 heterocycles. The highest BCUT2D eigenvalue weighted by atomic mass is 127. The molecule has 3 unspecified atom stereocenters. The summed E-state index contributed by atoms with van der Waals surface area (Å²) >= 11 is 0. The summed E-state index contributed by atoms with van der Waals surface area (Å²) in [5.74, 6) is 1.75. The SMILES string of the molecule is CN=C(NCc1ccc(C)cc1OC(C)(C)C)NC1CC2CCC1O2.I. The number of halogens is 1. The molecule has 0 aromatic heterocycles. The molecule has 0 amide bonds. The van der Waals surface area contributed by atoms with Gasteiger partial charge < -0.3 is 20.1 Å². The normalized spacial score (nSPS) is 25.0. The molecule has 2 aliphatic rings. The first-order valence-corrected chi connectivity index (χ1v) is 9.25. The van der Waals surface area contributed by atoms with Gasteiger partial charge in [0.05, 0.1) is 18.2 Å². The quantitative estimate of drug-likeness (QED) is 0.397. The third-order valence-electron chi connectivity index (χ3n) is 4.74. The van der Waals surface area contributed by atoms with E-state index in [0.717, 1.165) is 30.1 Å². The average Bonchev–Trinajstić information content (AvgIpc) is 3.14. The Morgan fingerprint density at radius 3 is 2.65 bits per heavy atom. The molecule has 3 atom stereocenters. The van der Waals surface area contributed by atoms with Gasteiger partial charge in [0.15, 0.2) is 5.96 Å². The summed E-state index contributed by atoms with van der Waals surface area (Å²) in [4.78, 5) is 4.37. The maximum atomic E-state index is 6.13. The fraction of sp³-hybridized carbons (Fsp3) is 0.650. The van der Waals surface area contributed by atoms with Gasteiger partial charge in [0.1, 0.15) is 11.4 Å². The number of hydrogen-bond acceptors (Lipinski definition) is 3.